The first-order valence-electron chi connectivity index (χ1n) is 9.94. The summed E-state index contributed by atoms with van der Waals surface area (Å²) in [5.74, 6) is -0.649. The van der Waals surface area contributed by atoms with Gasteiger partial charge in [-0.25, -0.2) is 4.79 Å². The molecule has 6 nitrogen and oxygen atoms in total. The van der Waals surface area contributed by atoms with Gasteiger partial charge in [-0.15, -0.1) is 0 Å². The van der Waals surface area contributed by atoms with E-state index in [1.165, 1.54) is 6.08 Å². The Morgan fingerprint density at radius 1 is 1.03 bits per heavy atom. The predicted octanol–water partition coefficient (Wildman–Crippen LogP) is 3.37. The van der Waals surface area contributed by atoms with Crippen LogP contribution in [0.25, 0.3) is 0 Å². The lowest BCUT2D eigenvalue weighted by molar-refractivity contribution is -0.141. The van der Waals surface area contributed by atoms with E-state index in [0.717, 1.165) is 0 Å². The molecule has 4 atom stereocenters. The molecule has 2 aromatic rings. The predicted molar refractivity (Wildman–Crippen MR) is 108 cm³/mol. The van der Waals surface area contributed by atoms with Crippen LogP contribution in [0.4, 0.5) is 0 Å². The summed E-state index contributed by atoms with van der Waals surface area (Å²) in [7, 11) is 0. The van der Waals surface area contributed by atoms with Gasteiger partial charge in [-0.1, -0.05) is 42.5 Å². The molecule has 1 saturated carbocycles. The molecule has 0 radical (unpaired) electrons. The van der Waals surface area contributed by atoms with Gasteiger partial charge >= 0.3 is 11.9 Å². The maximum absolute atomic E-state index is 12.5. The number of para-hydroxylation sites is 1. The van der Waals surface area contributed by atoms with Crippen molar-refractivity contribution in [3.8, 4) is 5.75 Å². The number of benzene rings is 2. The van der Waals surface area contributed by atoms with Crippen molar-refractivity contribution in [2.75, 3.05) is 6.61 Å². The summed E-state index contributed by atoms with van der Waals surface area (Å²) >= 11 is 0. The summed E-state index contributed by atoms with van der Waals surface area (Å²) in [6.07, 6.45) is 3.11. The zero-order valence-electron chi connectivity index (χ0n) is 16.3. The standard InChI is InChI=1S/C24H22O6/c25-17(15-28-18-9-5-2-6-10-18)11-12-19-20-13-23(26)29-22(20)14-21(19)30-24(27)16-7-3-1-4-8-16/h1-12,19-22H,13-15H2/b12-11-/t19-,20-,21-,22+/m1/s1. The average Bonchev–Trinajstić information content (AvgIpc) is 3.27. The van der Waals surface area contributed by atoms with Crippen molar-refractivity contribution in [3.63, 3.8) is 0 Å². The Labute approximate surface area is 174 Å². The SMILES string of the molecule is O=C(/C=C\[C@@H]1[C@H]2CC(=O)O[C@H]2C[C@H]1OC(=O)c1ccccc1)COc1ccccc1. The van der Waals surface area contributed by atoms with Gasteiger partial charge in [0.05, 0.1) is 12.0 Å². The minimum Gasteiger partial charge on any atom is -0.485 e. The van der Waals surface area contributed by atoms with Gasteiger partial charge in [-0.3, -0.25) is 9.59 Å². The van der Waals surface area contributed by atoms with Crippen LogP contribution in [0.3, 0.4) is 0 Å². The molecule has 2 aromatic carbocycles. The van der Waals surface area contributed by atoms with E-state index in [-0.39, 0.29) is 42.7 Å². The topological polar surface area (TPSA) is 78.9 Å². The first-order chi connectivity index (χ1) is 14.6. The number of ketones is 1. The zero-order valence-corrected chi connectivity index (χ0v) is 16.3. The molecular formula is C24H22O6. The molecule has 1 aliphatic heterocycles. The fourth-order valence-corrected chi connectivity index (χ4v) is 4.01. The third-order valence-electron chi connectivity index (χ3n) is 5.45. The van der Waals surface area contributed by atoms with Crippen LogP contribution < -0.4 is 4.74 Å². The van der Waals surface area contributed by atoms with Crippen LogP contribution in [-0.4, -0.2) is 36.5 Å². The van der Waals surface area contributed by atoms with Crippen LogP contribution in [0.15, 0.2) is 72.8 Å². The maximum atomic E-state index is 12.5. The highest BCUT2D eigenvalue weighted by molar-refractivity contribution is 5.91. The van der Waals surface area contributed by atoms with Crippen molar-refractivity contribution in [2.24, 2.45) is 11.8 Å². The molecule has 1 heterocycles. The van der Waals surface area contributed by atoms with Crippen LogP contribution >= 0.6 is 0 Å². The monoisotopic (exact) mass is 406 g/mol. The average molecular weight is 406 g/mol. The number of rotatable bonds is 7. The summed E-state index contributed by atoms with van der Waals surface area (Å²) in [6.45, 7) is -0.0920. The Bertz CT molecular complexity index is 937. The van der Waals surface area contributed by atoms with Gasteiger partial charge in [-0.2, -0.15) is 0 Å². The van der Waals surface area contributed by atoms with E-state index < -0.39 is 12.1 Å². The van der Waals surface area contributed by atoms with E-state index in [0.29, 0.717) is 17.7 Å². The van der Waals surface area contributed by atoms with E-state index in [4.69, 9.17) is 14.2 Å². The lowest BCUT2D eigenvalue weighted by Crippen LogP contribution is -2.25. The fourth-order valence-electron chi connectivity index (χ4n) is 4.01. The fraction of sp³-hybridized carbons (Fsp3) is 0.292. The molecule has 0 amide bonds. The second kappa shape index (κ2) is 8.95. The number of carbonyl (C=O) groups excluding carboxylic acids is 3. The van der Waals surface area contributed by atoms with Crippen LogP contribution in [0, 0.1) is 11.8 Å². The number of fused-ring (bicyclic) bond motifs is 1. The largest absolute Gasteiger partial charge is 0.485 e. The number of ether oxygens (including phenoxy) is 3. The summed E-state index contributed by atoms with van der Waals surface area (Å²) in [5.41, 5.74) is 0.460. The number of esters is 2. The minimum atomic E-state index is -0.458. The first kappa shape index (κ1) is 19.9. The van der Waals surface area contributed by atoms with Crippen molar-refractivity contribution in [1.29, 1.82) is 0 Å². The van der Waals surface area contributed by atoms with Gasteiger partial charge in [0, 0.05) is 18.3 Å². The molecule has 2 fully saturated rings. The smallest absolute Gasteiger partial charge is 0.338 e. The molecule has 0 bridgehead atoms. The number of carbonyl (C=O) groups is 3. The van der Waals surface area contributed by atoms with Gasteiger partial charge in [-0.05, 0) is 30.3 Å². The van der Waals surface area contributed by atoms with Crippen LogP contribution in [0.5, 0.6) is 5.75 Å². The Hall–Kier alpha value is -3.41. The summed E-state index contributed by atoms with van der Waals surface area (Å²) in [5, 5.41) is 0. The zero-order chi connectivity index (χ0) is 20.9. The number of hydrogen-bond acceptors (Lipinski definition) is 6. The Morgan fingerprint density at radius 2 is 1.73 bits per heavy atom. The highest BCUT2D eigenvalue weighted by Gasteiger charge is 2.50. The summed E-state index contributed by atoms with van der Waals surface area (Å²) < 4.78 is 16.6. The molecular weight excluding hydrogens is 384 g/mol. The van der Waals surface area contributed by atoms with Crippen molar-refractivity contribution >= 4 is 17.7 Å². The second-order valence-electron chi connectivity index (χ2n) is 7.45. The molecule has 2 aliphatic rings. The van der Waals surface area contributed by atoms with E-state index in [1.54, 1.807) is 42.5 Å². The maximum Gasteiger partial charge on any atom is 0.338 e. The van der Waals surface area contributed by atoms with Crippen molar-refractivity contribution in [2.45, 2.75) is 25.0 Å². The minimum absolute atomic E-state index is 0.0920. The Kier molecular flexibility index (Phi) is 5.93. The molecule has 4 rings (SSSR count). The van der Waals surface area contributed by atoms with Gasteiger partial charge in [0.15, 0.2) is 12.4 Å². The second-order valence-corrected chi connectivity index (χ2v) is 7.45. The van der Waals surface area contributed by atoms with Gasteiger partial charge in [0.2, 0.25) is 0 Å². The van der Waals surface area contributed by atoms with Gasteiger partial charge in [0.1, 0.15) is 18.0 Å². The summed E-state index contributed by atoms with van der Waals surface area (Å²) in [6, 6.07) is 17.8. The molecule has 30 heavy (non-hydrogen) atoms. The van der Waals surface area contributed by atoms with Crippen molar-refractivity contribution < 1.29 is 28.6 Å². The van der Waals surface area contributed by atoms with Crippen LogP contribution in [0.2, 0.25) is 0 Å². The first-order valence-corrected chi connectivity index (χ1v) is 9.94. The molecule has 1 aliphatic carbocycles. The Morgan fingerprint density at radius 3 is 2.47 bits per heavy atom. The van der Waals surface area contributed by atoms with Gasteiger partial charge in [0.25, 0.3) is 0 Å². The molecule has 1 saturated heterocycles. The molecule has 6 heteroatoms. The number of hydrogen-bond donors (Lipinski definition) is 0. The quantitative estimate of drug-likeness (QED) is 0.518. The summed E-state index contributed by atoms with van der Waals surface area (Å²) in [4.78, 5) is 36.5. The van der Waals surface area contributed by atoms with E-state index in [9.17, 15) is 14.4 Å². The third kappa shape index (κ3) is 4.59. The normalized spacial score (nSPS) is 25.0. The van der Waals surface area contributed by atoms with Crippen LogP contribution in [-0.2, 0) is 19.1 Å². The molecule has 0 aromatic heterocycles. The molecule has 0 spiro atoms. The van der Waals surface area contributed by atoms with E-state index >= 15 is 0 Å². The molecule has 0 unspecified atom stereocenters. The molecule has 154 valence electrons. The lowest BCUT2D eigenvalue weighted by Gasteiger charge is -2.20. The Balaban J connectivity index is 1.42. The highest BCUT2D eigenvalue weighted by atomic mass is 16.6. The highest BCUT2D eigenvalue weighted by Crippen LogP contribution is 2.43. The third-order valence-corrected chi connectivity index (χ3v) is 5.45. The van der Waals surface area contributed by atoms with E-state index in [1.807, 2.05) is 24.3 Å². The van der Waals surface area contributed by atoms with Crippen molar-refractivity contribution in [1.82, 2.24) is 0 Å². The molecule has 0 N–H and O–H groups in total. The van der Waals surface area contributed by atoms with Gasteiger partial charge < -0.3 is 14.2 Å². The van der Waals surface area contributed by atoms with Crippen molar-refractivity contribution in [3.05, 3.63) is 78.4 Å². The van der Waals surface area contributed by atoms with E-state index in [2.05, 4.69) is 0 Å². The van der Waals surface area contributed by atoms with Crippen LogP contribution in [0.1, 0.15) is 23.2 Å². The lowest BCUT2D eigenvalue weighted by atomic mass is 9.91.